The summed E-state index contributed by atoms with van der Waals surface area (Å²) in [5, 5.41) is 9.86. The standard InChI is InChI=1S/C24H23N3O2S/c1-28-21-13-14-22(29-2)19(16-21)17-30-24-26-25-23(15-18-9-5-3-6-10-18)27(24)20-11-7-4-8-12-20/h3-14,16H,15,17H2,1-2H3. The zero-order valence-electron chi connectivity index (χ0n) is 17.0. The summed E-state index contributed by atoms with van der Waals surface area (Å²) >= 11 is 1.63. The molecule has 0 spiro atoms. The molecule has 3 aromatic carbocycles. The molecule has 0 fully saturated rings. The van der Waals surface area contributed by atoms with Crippen LogP contribution in [-0.4, -0.2) is 29.0 Å². The number of benzene rings is 3. The summed E-state index contributed by atoms with van der Waals surface area (Å²) in [6.45, 7) is 0. The van der Waals surface area contributed by atoms with Crippen LogP contribution in [0.1, 0.15) is 17.0 Å². The molecule has 4 aromatic rings. The van der Waals surface area contributed by atoms with E-state index in [0.29, 0.717) is 12.2 Å². The van der Waals surface area contributed by atoms with Crippen molar-refractivity contribution >= 4 is 11.8 Å². The minimum atomic E-state index is 0.691. The smallest absolute Gasteiger partial charge is 0.196 e. The lowest BCUT2D eigenvalue weighted by Gasteiger charge is -2.12. The first-order valence-electron chi connectivity index (χ1n) is 9.66. The molecule has 0 aliphatic carbocycles. The predicted molar refractivity (Wildman–Crippen MR) is 120 cm³/mol. The van der Waals surface area contributed by atoms with Gasteiger partial charge in [-0.3, -0.25) is 4.57 Å². The Labute approximate surface area is 180 Å². The molecule has 0 unspecified atom stereocenters. The van der Waals surface area contributed by atoms with Gasteiger partial charge in [0, 0.05) is 23.4 Å². The molecule has 4 rings (SSSR count). The maximum atomic E-state index is 5.52. The average Bonchev–Trinajstić information content (AvgIpc) is 3.21. The molecule has 30 heavy (non-hydrogen) atoms. The van der Waals surface area contributed by atoms with Gasteiger partial charge in [0.25, 0.3) is 0 Å². The maximum absolute atomic E-state index is 5.52. The summed E-state index contributed by atoms with van der Waals surface area (Å²) in [6.07, 6.45) is 0.714. The Balaban J connectivity index is 1.65. The minimum Gasteiger partial charge on any atom is -0.497 e. The third kappa shape index (κ3) is 4.49. The molecule has 6 heteroatoms. The minimum absolute atomic E-state index is 0.691. The maximum Gasteiger partial charge on any atom is 0.196 e. The van der Waals surface area contributed by atoms with Gasteiger partial charge in [-0.15, -0.1) is 10.2 Å². The van der Waals surface area contributed by atoms with Crippen molar-refractivity contribution in [3.05, 3.63) is 95.8 Å². The summed E-state index contributed by atoms with van der Waals surface area (Å²) in [6, 6.07) is 26.4. The van der Waals surface area contributed by atoms with E-state index < -0.39 is 0 Å². The fourth-order valence-corrected chi connectivity index (χ4v) is 4.21. The molecule has 0 radical (unpaired) electrons. The van der Waals surface area contributed by atoms with Crippen LogP contribution in [0.25, 0.3) is 5.69 Å². The first kappa shape index (κ1) is 20.0. The van der Waals surface area contributed by atoms with Gasteiger partial charge in [0.05, 0.1) is 14.2 Å². The number of para-hydroxylation sites is 1. The first-order valence-corrected chi connectivity index (χ1v) is 10.6. The number of ether oxygens (including phenoxy) is 2. The van der Waals surface area contributed by atoms with Gasteiger partial charge in [-0.2, -0.15) is 0 Å². The van der Waals surface area contributed by atoms with Gasteiger partial charge in [0.1, 0.15) is 17.3 Å². The molecular formula is C24H23N3O2S. The molecule has 1 heterocycles. The monoisotopic (exact) mass is 417 g/mol. The molecule has 0 amide bonds. The Hall–Kier alpha value is -3.25. The zero-order valence-corrected chi connectivity index (χ0v) is 17.8. The van der Waals surface area contributed by atoms with Crippen LogP contribution in [0.5, 0.6) is 11.5 Å². The highest BCUT2D eigenvalue weighted by atomic mass is 32.2. The van der Waals surface area contributed by atoms with E-state index in [0.717, 1.165) is 33.7 Å². The molecule has 152 valence electrons. The predicted octanol–water partition coefficient (Wildman–Crippen LogP) is 5.17. The SMILES string of the molecule is COc1ccc(OC)c(CSc2nnc(Cc3ccccc3)n2-c2ccccc2)c1. The largest absolute Gasteiger partial charge is 0.497 e. The summed E-state index contributed by atoms with van der Waals surface area (Å²) in [5.74, 6) is 3.24. The Bertz CT molecular complexity index is 1100. The van der Waals surface area contributed by atoms with Crippen molar-refractivity contribution in [2.75, 3.05) is 14.2 Å². The number of thioether (sulfide) groups is 1. The van der Waals surface area contributed by atoms with E-state index in [-0.39, 0.29) is 0 Å². The molecule has 1 aromatic heterocycles. The quantitative estimate of drug-likeness (QED) is 0.370. The molecule has 0 saturated carbocycles. The highest BCUT2D eigenvalue weighted by Gasteiger charge is 2.16. The van der Waals surface area contributed by atoms with Gasteiger partial charge in [-0.25, -0.2) is 0 Å². The van der Waals surface area contributed by atoms with Crippen LogP contribution in [0.2, 0.25) is 0 Å². The van der Waals surface area contributed by atoms with Crippen LogP contribution in [0.3, 0.4) is 0 Å². The van der Waals surface area contributed by atoms with E-state index in [1.54, 1.807) is 26.0 Å². The molecule has 0 saturated heterocycles. The highest BCUT2D eigenvalue weighted by Crippen LogP contribution is 2.31. The van der Waals surface area contributed by atoms with E-state index >= 15 is 0 Å². The van der Waals surface area contributed by atoms with Crippen molar-refractivity contribution in [1.29, 1.82) is 0 Å². The van der Waals surface area contributed by atoms with Gasteiger partial charge in [0.2, 0.25) is 0 Å². The van der Waals surface area contributed by atoms with Crippen molar-refractivity contribution in [2.45, 2.75) is 17.3 Å². The number of hydrogen-bond donors (Lipinski definition) is 0. The molecule has 0 atom stereocenters. The van der Waals surface area contributed by atoms with E-state index in [1.165, 1.54) is 5.56 Å². The summed E-state index contributed by atoms with van der Waals surface area (Å²) in [7, 11) is 3.35. The summed E-state index contributed by atoms with van der Waals surface area (Å²) in [5.41, 5.74) is 3.30. The Morgan fingerprint density at radius 2 is 1.57 bits per heavy atom. The van der Waals surface area contributed by atoms with Crippen LogP contribution >= 0.6 is 11.8 Å². The number of methoxy groups -OCH3 is 2. The lowest BCUT2D eigenvalue weighted by atomic mass is 10.1. The van der Waals surface area contributed by atoms with Crippen molar-refractivity contribution in [2.24, 2.45) is 0 Å². The molecule has 0 bridgehead atoms. The summed E-state index contributed by atoms with van der Waals surface area (Å²) in [4.78, 5) is 0. The van der Waals surface area contributed by atoms with Crippen LogP contribution in [0, 0.1) is 0 Å². The van der Waals surface area contributed by atoms with Crippen molar-refractivity contribution in [1.82, 2.24) is 14.8 Å². The van der Waals surface area contributed by atoms with Gasteiger partial charge in [0.15, 0.2) is 5.16 Å². The number of nitrogens with zero attached hydrogens (tertiary/aromatic N) is 3. The fraction of sp³-hybridized carbons (Fsp3) is 0.167. The second-order valence-corrected chi connectivity index (χ2v) is 7.64. The average molecular weight is 418 g/mol. The Morgan fingerprint density at radius 1 is 0.833 bits per heavy atom. The van der Waals surface area contributed by atoms with Crippen LogP contribution in [0.4, 0.5) is 0 Å². The first-order chi connectivity index (χ1) is 14.8. The topological polar surface area (TPSA) is 49.2 Å². The third-order valence-electron chi connectivity index (χ3n) is 4.76. The zero-order chi connectivity index (χ0) is 20.8. The van der Waals surface area contributed by atoms with Crippen molar-refractivity contribution < 1.29 is 9.47 Å². The van der Waals surface area contributed by atoms with E-state index in [9.17, 15) is 0 Å². The molecule has 0 aliphatic rings. The van der Waals surface area contributed by atoms with Crippen LogP contribution in [-0.2, 0) is 12.2 Å². The molecule has 0 aliphatic heterocycles. The van der Waals surface area contributed by atoms with E-state index in [4.69, 9.17) is 9.47 Å². The van der Waals surface area contributed by atoms with Gasteiger partial charge in [-0.05, 0) is 35.9 Å². The normalized spacial score (nSPS) is 10.7. The van der Waals surface area contributed by atoms with Crippen LogP contribution in [0.15, 0.2) is 84.0 Å². The Morgan fingerprint density at radius 3 is 2.27 bits per heavy atom. The van der Waals surface area contributed by atoms with Crippen LogP contribution < -0.4 is 9.47 Å². The number of rotatable bonds is 8. The lowest BCUT2D eigenvalue weighted by molar-refractivity contribution is 0.400. The fourth-order valence-electron chi connectivity index (χ4n) is 3.26. The highest BCUT2D eigenvalue weighted by molar-refractivity contribution is 7.98. The van der Waals surface area contributed by atoms with Gasteiger partial charge < -0.3 is 9.47 Å². The lowest BCUT2D eigenvalue weighted by Crippen LogP contribution is -2.04. The van der Waals surface area contributed by atoms with Gasteiger partial charge in [-0.1, -0.05) is 60.3 Å². The molecule has 0 N–H and O–H groups in total. The molecule has 5 nitrogen and oxygen atoms in total. The van der Waals surface area contributed by atoms with Gasteiger partial charge >= 0.3 is 0 Å². The number of aromatic nitrogens is 3. The van der Waals surface area contributed by atoms with Crippen molar-refractivity contribution in [3.63, 3.8) is 0 Å². The van der Waals surface area contributed by atoms with E-state index in [2.05, 4.69) is 39.0 Å². The second kappa shape index (κ2) is 9.50. The molecular weight excluding hydrogens is 394 g/mol. The second-order valence-electron chi connectivity index (χ2n) is 6.70. The number of hydrogen-bond acceptors (Lipinski definition) is 5. The summed E-state index contributed by atoms with van der Waals surface area (Å²) < 4.78 is 13.0. The van der Waals surface area contributed by atoms with Crippen molar-refractivity contribution in [3.8, 4) is 17.2 Å². The van der Waals surface area contributed by atoms with E-state index in [1.807, 2.05) is 54.6 Å². The Kier molecular flexibility index (Phi) is 6.35. The third-order valence-corrected chi connectivity index (χ3v) is 5.74.